The quantitative estimate of drug-likeness (QED) is 0.540. The number of aromatic nitrogens is 2. The van der Waals surface area contributed by atoms with Gasteiger partial charge in [0.2, 0.25) is 0 Å². The van der Waals surface area contributed by atoms with Crippen molar-refractivity contribution in [3.8, 4) is 0 Å². The summed E-state index contributed by atoms with van der Waals surface area (Å²) in [6.45, 7) is 3.84. The zero-order chi connectivity index (χ0) is 9.90. The Morgan fingerprint density at radius 3 is 2.92 bits per heavy atom. The summed E-state index contributed by atoms with van der Waals surface area (Å²) in [5.41, 5.74) is 0.322. The summed E-state index contributed by atoms with van der Waals surface area (Å²) < 4.78 is 34.3. The van der Waals surface area contributed by atoms with Crippen molar-refractivity contribution in [3.05, 3.63) is 30.6 Å². The Labute approximate surface area is 75.9 Å². The first-order valence-corrected chi connectivity index (χ1v) is 5.12. The molecular weight excluding hydrogens is 195 g/mol. The van der Waals surface area contributed by atoms with E-state index in [2.05, 4.69) is 11.7 Å². The Morgan fingerprint density at radius 2 is 2.38 bits per heavy atom. The largest absolute Gasteiger partial charge is 0.308 e. The van der Waals surface area contributed by atoms with E-state index in [0.717, 1.165) is 0 Å². The molecule has 0 N–H and O–H groups in total. The summed E-state index contributed by atoms with van der Waals surface area (Å²) in [7, 11) is -4.48. The van der Waals surface area contributed by atoms with Gasteiger partial charge in [-0.15, -0.1) is 10.5 Å². The van der Waals surface area contributed by atoms with E-state index >= 15 is 0 Å². The highest BCUT2D eigenvalue weighted by molar-refractivity contribution is 7.85. The second-order valence-corrected chi connectivity index (χ2v) is 3.84. The van der Waals surface area contributed by atoms with Crippen LogP contribution >= 0.6 is 0 Å². The van der Waals surface area contributed by atoms with Crippen molar-refractivity contribution in [2.45, 2.75) is 12.3 Å². The van der Waals surface area contributed by atoms with Crippen molar-refractivity contribution in [1.82, 2.24) is 9.78 Å². The fourth-order valence-corrected chi connectivity index (χ4v) is 1.54. The molecule has 72 valence electrons. The molecule has 0 aromatic carbocycles. The van der Waals surface area contributed by atoms with E-state index in [4.69, 9.17) is 0 Å². The molecule has 0 aliphatic carbocycles. The molecule has 0 aliphatic heterocycles. The zero-order valence-corrected chi connectivity index (χ0v) is 7.67. The molecule has 0 fully saturated rings. The maximum atomic E-state index is 12.3. The van der Waals surface area contributed by atoms with Crippen LogP contribution < -0.4 is 0 Å². The van der Waals surface area contributed by atoms with Gasteiger partial charge in [0.25, 0.3) is 0 Å². The first kappa shape index (κ1) is 9.91. The molecule has 0 unspecified atom stereocenters. The van der Waals surface area contributed by atoms with Crippen LogP contribution in [0.5, 0.6) is 0 Å². The average Bonchev–Trinajstić information content (AvgIpc) is 2.34. The highest BCUT2D eigenvalue weighted by Gasteiger charge is 2.12. The van der Waals surface area contributed by atoms with Crippen LogP contribution in [0.25, 0.3) is 0 Å². The van der Waals surface area contributed by atoms with Gasteiger partial charge in [0.05, 0.1) is 12.2 Å². The lowest BCUT2D eigenvalue weighted by Crippen LogP contribution is -2.06. The van der Waals surface area contributed by atoms with Gasteiger partial charge in [0.15, 0.2) is 0 Å². The van der Waals surface area contributed by atoms with Gasteiger partial charge in [-0.1, -0.05) is 6.08 Å². The minimum Gasteiger partial charge on any atom is -0.265 e. The molecule has 0 atom stereocenters. The predicted molar refractivity (Wildman–Crippen MR) is 46.2 cm³/mol. The maximum absolute atomic E-state index is 12.3. The smallest absolute Gasteiger partial charge is 0.265 e. The van der Waals surface area contributed by atoms with E-state index < -0.39 is 16.0 Å². The number of allylic oxidation sites excluding steroid dienone is 1. The topological polar surface area (TPSA) is 52.0 Å². The Bertz CT molecular complexity index is 396. The second kappa shape index (κ2) is 3.69. The summed E-state index contributed by atoms with van der Waals surface area (Å²) >= 11 is 0. The first-order chi connectivity index (χ1) is 6.03. The third kappa shape index (κ3) is 2.98. The molecule has 1 aromatic rings. The molecule has 6 heteroatoms. The van der Waals surface area contributed by atoms with Gasteiger partial charge in [-0.25, -0.2) is 0 Å². The Balaban J connectivity index is 2.88. The van der Waals surface area contributed by atoms with Crippen molar-refractivity contribution in [2.24, 2.45) is 0 Å². The molecule has 0 bridgehead atoms. The Kier molecular flexibility index (Phi) is 2.82. The van der Waals surface area contributed by atoms with Crippen LogP contribution in [-0.2, 0) is 22.5 Å². The summed E-state index contributed by atoms with van der Waals surface area (Å²) in [6.07, 6.45) is 2.98. The van der Waals surface area contributed by atoms with Crippen LogP contribution in [-0.4, -0.2) is 18.2 Å². The van der Waals surface area contributed by atoms with E-state index in [1.54, 1.807) is 6.08 Å². The summed E-state index contributed by atoms with van der Waals surface area (Å²) in [5, 5.41) is 3.80. The number of hydrogen-bond donors (Lipinski definition) is 0. The van der Waals surface area contributed by atoms with Gasteiger partial charge in [-0.05, 0) is 6.07 Å². The van der Waals surface area contributed by atoms with Gasteiger partial charge in [0, 0.05) is 6.20 Å². The van der Waals surface area contributed by atoms with Crippen molar-refractivity contribution < 1.29 is 12.3 Å². The number of nitrogens with zero attached hydrogens (tertiary/aromatic N) is 2. The molecule has 0 radical (unpaired) electrons. The minimum absolute atomic E-state index is 0.322. The predicted octanol–water partition coefficient (Wildman–Crippen LogP) is 0.868. The van der Waals surface area contributed by atoms with Gasteiger partial charge in [0.1, 0.15) is 5.75 Å². The van der Waals surface area contributed by atoms with Gasteiger partial charge < -0.3 is 0 Å². The van der Waals surface area contributed by atoms with Gasteiger partial charge in [-0.2, -0.15) is 13.5 Å². The summed E-state index contributed by atoms with van der Waals surface area (Å²) in [4.78, 5) is 0. The van der Waals surface area contributed by atoms with Crippen LogP contribution in [0.1, 0.15) is 5.69 Å². The monoisotopic (exact) mass is 204 g/mol. The lowest BCUT2D eigenvalue weighted by Gasteiger charge is -2.00. The molecule has 1 rings (SSSR count). The molecule has 0 aliphatic rings. The van der Waals surface area contributed by atoms with E-state index in [-0.39, 0.29) is 0 Å². The molecular formula is C7H9FN2O2S. The van der Waals surface area contributed by atoms with Crippen molar-refractivity contribution in [3.63, 3.8) is 0 Å². The van der Waals surface area contributed by atoms with Gasteiger partial charge in [-0.3, -0.25) is 4.68 Å². The highest BCUT2D eigenvalue weighted by atomic mass is 32.3. The van der Waals surface area contributed by atoms with E-state index in [0.29, 0.717) is 12.2 Å². The number of rotatable bonds is 4. The minimum atomic E-state index is -4.48. The molecule has 1 heterocycles. The highest BCUT2D eigenvalue weighted by Crippen LogP contribution is 2.06. The molecule has 4 nitrogen and oxygen atoms in total. The lowest BCUT2D eigenvalue weighted by atomic mass is 10.5. The molecule has 1 aromatic heterocycles. The fraction of sp³-hybridized carbons (Fsp3) is 0.286. The van der Waals surface area contributed by atoms with Crippen molar-refractivity contribution in [2.75, 3.05) is 0 Å². The molecule has 0 amide bonds. The third-order valence-corrected chi connectivity index (χ3v) is 2.07. The lowest BCUT2D eigenvalue weighted by molar-refractivity contribution is 0.546. The molecule has 0 saturated heterocycles. The Hall–Kier alpha value is -1.17. The van der Waals surface area contributed by atoms with E-state index in [1.165, 1.54) is 16.9 Å². The van der Waals surface area contributed by atoms with Crippen LogP contribution in [0.2, 0.25) is 0 Å². The SMILES string of the molecule is C=CCn1nccc1CS(=O)(=O)F. The molecule has 0 spiro atoms. The fourth-order valence-electron chi connectivity index (χ4n) is 0.946. The first-order valence-electron chi connectivity index (χ1n) is 3.57. The van der Waals surface area contributed by atoms with Crippen molar-refractivity contribution in [1.29, 1.82) is 0 Å². The van der Waals surface area contributed by atoms with Crippen LogP contribution in [0, 0.1) is 0 Å². The van der Waals surface area contributed by atoms with Gasteiger partial charge >= 0.3 is 10.2 Å². The zero-order valence-electron chi connectivity index (χ0n) is 6.85. The van der Waals surface area contributed by atoms with E-state index in [1.807, 2.05) is 0 Å². The van der Waals surface area contributed by atoms with E-state index in [9.17, 15) is 12.3 Å². The molecule has 13 heavy (non-hydrogen) atoms. The third-order valence-electron chi connectivity index (χ3n) is 1.43. The number of halogens is 1. The Morgan fingerprint density at radius 1 is 1.69 bits per heavy atom. The maximum Gasteiger partial charge on any atom is 0.308 e. The van der Waals surface area contributed by atoms with Crippen LogP contribution in [0.3, 0.4) is 0 Å². The van der Waals surface area contributed by atoms with Crippen LogP contribution in [0.15, 0.2) is 24.9 Å². The van der Waals surface area contributed by atoms with Crippen LogP contribution in [0.4, 0.5) is 3.89 Å². The molecule has 0 saturated carbocycles. The number of hydrogen-bond acceptors (Lipinski definition) is 3. The normalized spacial score (nSPS) is 11.5. The summed E-state index contributed by atoms with van der Waals surface area (Å²) in [6, 6.07) is 1.46. The summed E-state index contributed by atoms with van der Waals surface area (Å²) in [5.74, 6) is -0.638. The average molecular weight is 204 g/mol. The standard InChI is InChI=1S/C7H9FN2O2S/c1-2-5-10-7(3-4-9-10)6-13(8,11)12/h2-4H,1,5-6H2. The second-order valence-electron chi connectivity index (χ2n) is 2.48. The van der Waals surface area contributed by atoms with Crippen molar-refractivity contribution >= 4 is 10.2 Å².